The van der Waals surface area contributed by atoms with Crippen LogP contribution in [0.5, 0.6) is 11.5 Å². The normalized spacial score (nSPS) is 18.1. The molecule has 0 radical (unpaired) electrons. The summed E-state index contributed by atoms with van der Waals surface area (Å²) in [6, 6.07) is 56.0. The average Bonchev–Trinajstić information content (AvgIpc) is 3.68. The molecule has 0 spiro atoms. The molecule has 57 heavy (non-hydrogen) atoms. The Morgan fingerprint density at radius 1 is 0.596 bits per heavy atom. The van der Waals surface area contributed by atoms with E-state index in [4.69, 9.17) is 28.4 Å². The van der Waals surface area contributed by atoms with E-state index in [2.05, 4.69) is 84.9 Å². The van der Waals surface area contributed by atoms with Crippen molar-refractivity contribution in [2.45, 2.75) is 63.7 Å². The topological polar surface area (TPSA) is 55.4 Å². The minimum atomic E-state index is -0.550. The molecular formula is C50H48O6S. The maximum Gasteiger partial charge on any atom is 0.129 e. The van der Waals surface area contributed by atoms with Crippen molar-refractivity contribution in [3.63, 3.8) is 0 Å². The molecule has 6 aromatic carbocycles. The fourth-order valence-electron chi connectivity index (χ4n) is 7.42. The summed E-state index contributed by atoms with van der Waals surface area (Å²) in [7, 11) is 1.72. The monoisotopic (exact) mass is 776 g/mol. The van der Waals surface area contributed by atoms with Gasteiger partial charge in [0, 0.05) is 34.0 Å². The van der Waals surface area contributed by atoms with Gasteiger partial charge in [-0.15, -0.1) is 11.3 Å². The predicted molar refractivity (Wildman–Crippen MR) is 227 cm³/mol. The third-order valence-electron chi connectivity index (χ3n) is 10.3. The van der Waals surface area contributed by atoms with Crippen LogP contribution in [0.2, 0.25) is 0 Å². The Morgan fingerprint density at radius 2 is 1.18 bits per heavy atom. The molecule has 0 aliphatic carbocycles. The molecule has 0 unspecified atom stereocenters. The fraction of sp³-hybridized carbons (Fsp3) is 0.240. The summed E-state index contributed by atoms with van der Waals surface area (Å²) in [4.78, 5) is 1.25. The van der Waals surface area contributed by atoms with Gasteiger partial charge in [-0.25, -0.2) is 0 Å². The SMILES string of the molecule is COc1cc(OCc2ccccc2)c([C@@H]2O[C@H](COCc3ccccc3)C[C@H](OCc3ccccc3)[C@H]2OCc2ccccc2)cc1Cc1cc2ccccc2s1. The van der Waals surface area contributed by atoms with Gasteiger partial charge in [0.2, 0.25) is 0 Å². The van der Waals surface area contributed by atoms with Crippen LogP contribution in [0, 0.1) is 0 Å². The molecule has 1 saturated heterocycles. The number of fused-ring (bicyclic) bond motifs is 1. The van der Waals surface area contributed by atoms with Crippen LogP contribution < -0.4 is 9.47 Å². The molecule has 0 saturated carbocycles. The number of hydrogen-bond acceptors (Lipinski definition) is 7. The Balaban J connectivity index is 1.18. The summed E-state index contributed by atoms with van der Waals surface area (Å²) < 4.78 is 41.4. The number of methoxy groups -OCH3 is 1. The summed E-state index contributed by atoms with van der Waals surface area (Å²) in [5, 5.41) is 1.24. The van der Waals surface area contributed by atoms with Gasteiger partial charge in [-0.1, -0.05) is 140 Å². The van der Waals surface area contributed by atoms with Crippen LogP contribution in [-0.2, 0) is 51.8 Å². The van der Waals surface area contributed by atoms with Gasteiger partial charge in [0.05, 0.1) is 45.7 Å². The van der Waals surface area contributed by atoms with Gasteiger partial charge in [0.1, 0.15) is 30.3 Å². The zero-order valence-corrected chi connectivity index (χ0v) is 33.0. The predicted octanol–water partition coefficient (Wildman–Crippen LogP) is 11.3. The number of ether oxygens (including phenoxy) is 6. The zero-order valence-electron chi connectivity index (χ0n) is 32.2. The highest BCUT2D eigenvalue weighted by Gasteiger charge is 2.43. The molecule has 0 bridgehead atoms. The van der Waals surface area contributed by atoms with E-state index in [1.165, 1.54) is 15.0 Å². The number of thiophene rings is 1. The number of rotatable bonds is 17. The molecule has 2 heterocycles. The Labute approximate surface area is 339 Å². The largest absolute Gasteiger partial charge is 0.496 e. The highest BCUT2D eigenvalue weighted by Crippen LogP contribution is 2.44. The Kier molecular flexibility index (Phi) is 13.0. The first-order chi connectivity index (χ1) is 28.2. The maximum absolute atomic E-state index is 7.17. The smallest absolute Gasteiger partial charge is 0.129 e. The minimum Gasteiger partial charge on any atom is -0.496 e. The third kappa shape index (κ3) is 10.2. The first-order valence-corrected chi connectivity index (χ1v) is 20.4. The van der Waals surface area contributed by atoms with Crippen molar-refractivity contribution in [1.82, 2.24) is 0 Å². The fourth-order valence-corrected chi connectivity index (χ4v) is 8.51. The maximum atomic E-state index is 7.17. The van der Waals surface area contributed by atoms with Crippen molar-refractivity contribution in [2.75, 3.05) is 13.7 Å². The molecule has 290 valence electrons. The van der Waals surface area contributed by atoms with Crippen molar-refractivity contribution in [3.8, 4) is 11.5 Å². The molecule has 0 N–H and O–H groups in total. The van der Waals surface area contributed by atoms with Crippen molar-refractivity contribution >= 4 is 21.4 Å². The Bertz CT molecular complexity index is 2250. The lowest BCUT2D eigenvalue weighted by Gasteiger charge is -2.42. The van der Waals surface area contributed by atoms with Crippen LogP contribution in [0.4, 0.5) is 0 Å². The number of hydrogen-bond donors (Lipinski definition) is 0. The van der Waals surface area contributed by atoms with E-state index in [1.54, 1.807) is 18.4 Å². The second-order valence-electron chi connectivity index (χ2n) is 14.4. The standard InChI is InChI=1S/C50H48O6S/c1-51-45-30-46(53-32-37-18-8-3-9-19-37)44(28-41(45)27-43-26-40-24-14-15-25-48(40)57-43)49-50(55-34-39-22-12-5-13-23-39)47(54-33-38-20-10-4-11-21-38)29-42(56-49)35-52-31-36-16-6-2-7-17-36/h2-26,28,30,42,47,49-50H,27,29,31-35H2,1H3/t42-,47-,49-,50+/m0/s1. The summed E-state index contributed by atoms with van der Waals surface area (Å²) >= 11 is 1.80. The van der Waals surface area contributed by atoms with Gasteiger partial charge < -0.3 is 28.4 Å². The van der Waals surface area contributed by atoms with Crippen molar-refractivity contribution in [2.24, 2.45) is 0 Å². The molecule has 8 rings (SSSR count). The van der Waals surface area contributed by atoms with Gasteiger partial charge in [-0.2, -0.15) is 0 Å². The molecule has 4 atom stereocenters. The first kappa shape index (κ1) is 38.6. The average molecular weight is 777 g/mol. The van der Waals surface area contributed by atoms with Crippen LogP contribution in [0.3, 0.4) is 0 Å². The summed E-state index contributed by atoms with van der Waals surface area (Å²) in [5.41, 5.74) is 6.29. The molecule has 6 nitrogen and oxygen atoms in total. The van der Waals surface area contributed by atoms with Crippen molar-refractivity contribution < 1.29 is 28.4 Å². The Hall–Kier alpha value is -5.28. The van der Waals surface area contributed by atoms with Crippen molar-refractivity contribution in [1.29, 1.82) is 0 Å². The Morgan fingerprint density at radius 3 is 1.81 bits per heavy atom. The zero-order chi connectivity index (χ0) is 38.7. The van der Waals surface area contributed by atoms with E-state index < -0.39 is 12.2 Å². The van der Waals surface area contributed by atoms with Gasteiger partial charge >= 0.3 is 0 Å². The molecule has 7 aromatic rings. The van der Waals surface area contributed by atoms with E-state index in [1.807, 2.05) is 78.9 Å². The molecule has 1 aromatic heterocycles. The van der Waals surface area contributed by atoms with Gasteiger partial charge in [0.15, 0.2) is 0 Å². The molecule has 7 heteroatoms. The highest BCUT2D eigenvalue weighted by molar-refractivity contribution is 7.19. The second-order valence-corrected chi connectivity index (χ2v) is 15.6. The summed E-state index contributed by atoms with van der Waals surface area (Å²) in [5.74, 6) is 1.44. The summed E-state index contributed by atoms with van der Waals surface area (Å²) in [6.07, 6.45) is -0.314. The van der Waals surface area contributed by atoms with Crippen LogP contribution in [0.1, 0.15) is 50.8 Å². The van der Waals surface area contributed by atoms with Gasteiger partial charge in [-0.3, -0.25) is 0 Å². The molecule has 1 aliphatic heterocycles. The van der Waals surface area contributed by atoms with Crippen LogP contribution in [0.15, 0.2) is 164 Å². The highest BCUT2D eigenvalue weighted by atomic mass is 32.1. The van der Waals surface area contributed by atoms with Gasteiger partial charge in [0.25, 0.3) is 0 Å². The lowest BCUT2D eigenvalue weighted by atomic mass is 9.90. The lowest BCUT2D eigenvalue weighted by Crippen LogP contribution is -2.47. The number of benzene rings is 6. The second kappa shape index (κ2) is 19.2. The minimum absolute atomic E-state index is 0.272. The van der Waals surface area contributed by atoms with Gasteiger partial charge in [-0.05, 0) is 51.4 Å². The lowest BCUT2D eigenvalue weighted by molar-refractivity contribution is -0.219. The third-order valence-corrected chi connectivity index (χ3v) is 11.4. The molecule has 1 aliphatic rings. The van der Waals surface area contributed by atoms with Crippen LogP contribution in [-0.4, -0.2) is 32.0 Å². The molecule has 1 fully saturated rings. The summed E-state index contributed by atoms with van der Waals surface area (Å²) in [6.45, 7) is 2.11. The van der Waals surface area contributed by atoms with E-state index >= 15 is 0 Å². The quantitative estimate of drug-likeness (QED) is 0.0918. The van der Waals surface area contributed by atoms with E-state index in [9.17, 15) is 0 Å². The first-order valence-electron chi connectivity index (χ1n) is 19.6. The molecule has 0 amide bonds. The van der Waals surface area contributed by atoms with Crippen LogP contribution in [0.25, 0.3) is 10.1 Å². The van der Waals surface area contributed by atoms with E-state index in [-0.39, 0.29) is 12.2 Å². The van der Waals surface area contributed by atoms with Crippen molar-refractivity contribution in [3.05, 3.63) is 202 Å². The van der Waals surface area contributed by atoms with E-state index in [0.717, 1.165) is 39.1 Å². The van der Waals surface area contributed by atoms with E-state index in [0.29, 0.717) is 51.6 Å². The van der Waals surface area contributed by atoms with Crippen LogP contribution >= 0.6 is 11.3 Å². The molecular weight excluding hydrogens is 729 g/mol.